The molecule has 0 saturated carbocycles. The largest absolute Gasteiger partial charge is 0.481 e. The van der Waals surface area contributed by atoms with Crippen molar-refractivity contribution in [1.82, 2.24) is 9.80 Å². The van der Waals surface area contributed by atoms with Crippen molar-refractivity contribution in [2.75, 3.05) is 32.9 Å². The van der Waals surface area contributed by atoms with Gasteiger partial charge in [0, 0.05) is 26.2 Å². The van der Waals surface area contributed by atoms with Crippen molar-refractivity contribution < 1.29 is 19.1 Å². The van der Waals surface area contributed by atoms with Gasteiger partial charge in [-0.15, -0.1) is 0 Å². The molecule has 1 aliphatic heterocycles. The highest BCUT2D eigenvalue weighted by Crippen LogP contribution is 2.16. The molecule has 1 aliphatic rings. The van der Waals surface area contributed by atoms with Gasteiger partial charge in [-0.1, -0.05) is 13.8 Å². The van der Waals surface area contributed by atoms with E-state index in [9.17, 15) is 14.0 Å². The lowest BCUT2D eigenvalue weighted by molar-refractivity contribution is -0.149. The van der Waals surface area contributed by atoms with Crippen LogP contribution in [0, 0.1) is 5.92 Å². The maximum atomic E-state index is 12.3. The molecule has 0 aromatic rings. The first-order chi connectivity index (χ1) is 8.45. The third-order valence-corrected chi connectivity index (χ3v) is 3.02. The zero-order chi connectivity index (χ0) is 13.7. The van der Waals surface area contributed by atoms with Gasteiger partial charge in [0.05, 0.1) is 12.5 Å². The minimum atomic E-state index is -0.996. The van der Waals surface area contributed by atoms with Gasteiger partial charge < -0.3 is 10.0 Å². The summed E-state index contributed by atoms with van der Waals surface area (Å²) in [5.41, 5.74) is 0. The first kappa shape index (κ1) is 14.9. The van der Waals surface area contributed by atoms with Gasteiger partial charge in [-0.25, -0.2) is 4.39 Å². The number of aliphatic carboxylic acids is 1. The van der Waals surface area contributed by atoms with Crippen LogP contribution in [0.3, 0.4) is 0 Å². The van der Waals surface area contributed by atoms with Crippen molar-refractivity contribution in [2.45, 2.75) is 26.3 Å². The molecule has 0 bridgehead atoms. The lowest BCUT2D eigenvalue weighted by Crippen LogP contribution is -2.58. The molecule has 0 aromatic carbocycles. The Balaban J connectivity index is 2.75. The van der Waals surface area contributed by atoms with Crippen LogP contribution in [0.15, 0.2) is 0 Å². The second-order valence-corrected chi connectivity index (χ2v) is 5.02. The minimum Gasteiger partial charge on any atom is -0.481 e. The van der Waals surface area contributed by atoms with Crippen molar-refractivity contribution in [3.8, 4) is 0 Å². The zero-order valence-electron chi connectivity index (χ0n) is 10.9. The summed E-state index contributed by atoms with van der Waals surface area (Å²) in [4.78, 5) is 26.3. The Kier molecular flexibility index (Phi) is 5.53. The normalized spacial score (nSPS) is 21.7. The van der Waals surface area contributed by atoms with Crippen LogP contribution in [-0.4, -0.2) is 65.7 Å². The minimum absolute atomic E-state index is 0.0600. The maximum absolute atomic E-state index is 12.3. The topological polar surface area (TPSA) is 60.9 Å². The van der Waals surface area contributed by atoms with Crippen LogP contribution >= 0.6 is 0 Å². The third kappa shape index (κ3) is 3.94. The van der Waals surface area contributed by atoms with E-state index < -0.39 is 18.7 Å². The maximum Gasteiger partial charge on any atom is 0.305 e. The van der Waals surface area contributed by atoms with E-state index >= 15 is 0 Å². The van der Waals surface area contributed by atoms with E-state index in [2.05, 4.69) is 0 Å². The first-order valence-electron chi connectivity index (χ1n) is 6.26. The van der Waals surface area contributed by atoms with E-state index in [-0.39, 0.29) is 18.9 Å². The fraction of sp³-hybridized carbons (Fsp3) is 0.833. The van der Waals surface area contributed by atoms with E-state index in [0.29, 0.717) is 25.6 Å². The van der Waals surface area contributed by atoms with E-state index in [1.807, 2.05) is 18.7 Å². The highest BCUT2D eigenvalue weighted by molar-refractivity contribution is 5.86. The van der Waals surface area contributed by atoms with Crippen LogP contribution in [0.2, 0.25) is 0 Å². The predicted octanol–water partition coefficient (Wildman–Crippen LogP) is 0.599. The molecule has 18 heavy (non-hydrogen) atoms. The fourth-order valence-electron chi connectivity index (χ4n) is 2.28. The van der Waals surface area contributed by atoms with E-state index in [1.165, 1.54) is 4.90 Å². The molecular weight excluding hydrogens is 239 g/mol. The third-order valence-electron chi connectivity index (χ3n) is 3.02. The molecule has 0 radical (unpaired) electrons. The fourth-order valence-corrected chi connectivity index (χ4v) is 2.28. The highest BCUT2D eigenvalue weighted by Gasteiger charge is 2.35. The van der Waals surface area contributed by atoms with Crippen LogP contribution in [0.5, 0.6) is 0 Å². The Morgan fingerprint density at radius 1 is 1.50 bits per heavy atom. The number of carboxylic acid groups (broad SMARTS) is 1. The average Bonchev–Trinajstić information content (AvgIpc) is 2.26. The molecule has 1 fully saturated rings. The average molecular weight is 260 g/mol. The molecule has 0 aliphatic carbocycles. The molecule has 1 amide bonds. The van der Waals surface area contributed by atoms with Gasteiger partial charge in [0.15, 0.2) is 0 Å². The number of halogens is 1. The van der Waals surface area contributed by atoms with Crippen molar-refractivity contribution in [2.24, 2.45) is 5.92 Å². The van der Waals surface area contributed by atoms with E-state index in [1.54, 1.807) is 0 Å². The molecule has 1 N–H and O–H groups in total. The lowest BCUT2D eigenvalue weighted by atomic mass is 10.0. The first-order valence-corrected chi connectivity index (χ1v) is 6.26. The van der Waals surface area contributed by atoms with Crippen molar-refractivity contribution >= 4 is 11.9 Å². The van der Waals surface area contributed by atoms with Gasteiger partial charge in [-0.3, -0.25) is 14.5 Å². The number of hydrogen-bond acceptors (Lipinski definition) is 3. The molecule has 104 valence electrons. The van der Waals surface area contributed by atoms with Gasteiger partial charge in [0.25, 0.3) is 0 Å². The molecule has 1 heterocycles. The van der Waals surface area contributed by atoms with E-state index in [4.69, 9.17) is 5.11 Å². The van der Waals surface area contributed by atoms with Gasteiger partial charge in [0.1, 0.15) is 6.67 Å². The Morgan fingerprint density at radius 3 is 2.67 bits per heavy atom. The number of alkyl halides is 1. The van der Waals surface area contributed by atoms with Gasteiger partial charge in [-0.2, -0.15) is 0 Å². The van der Waals surface area contributed by atoms with Crippen molar-refractivity contribution in [3.05, 3.63) is 0 Å². The summed E-state index contributed by atoms with van der Waals surface area (Å²) in [5, 5.41) is 8.88. The summed E-state index contributed by atoms with van der Waals surface area (Å²) >= 11 is 0. The molecule has 0 aromatic heterocycles. The number of hydrogen-bond donors (Lipinski definition) is 1. The Bertz CT molecular complexity index is 310. The second kappa shape index (κ2) is 6.68. The molecule has 1 saturated heterocycles. The molecule has 1 rings (SSSR count). The standard InChI is InChI=1S/C12H21FN2O3/c1-9(2)8-15-6-5-14(4-3-13)12(18)10(15)7-11(16)17/h9-10H,3-8H2,1-2H3,(H,16,17). The van der Waals surface area contributed by atoms with Crippen molar-refractivity contribution in [3.63, 3.8) is 0 Å². The summed E-state index contributed by atoms with van der Waals surface area (Å²) in [6, 6.07) is -0.648. The summed E-state index contributed by atoms with van der Waals surface area (Å²) < 4.78 is 12.3. The number of piperazine rings is 1. The highest BCUT2D eigenvalue weighted by atomic mass is 19.1. The molecule has 1 atom stereocenters. The summed E-state index contributed by atoms with van der Waals surface area (Å²) in [6.45, 7) is 5.30. The predicted molar refractivity (Wildman–Crippen MR) is 65.0 cm³/mol. The lowest BCUT2D eigenvalue weighted by Gasteiger charge is -2.40. The molecule has 5 nitrogen and oxygen atoms in total. The van der Waals surface area contributed by atoms with Crippen LogP contribution in [0.4, 0.5) is 4.39 Å². The Morgan fingerprint density at radius 2 is 2.17 bits per heavy atom. The number of carbonyl (C=O) groups excluding carboxylic acids is 1. The monoisotopic (exact) mass is 260 g/mol. The van der Waals surface area contributed by atoms with Crippen LogP contribution in [0.25, 0.3) is 0 Å². The Hall–Kier alpha value is -1.17. The number of rotatable bonds is 6. The number of carboxylic acids is 1. The van der Waals surface area contributed by atoms with Crippen LogP contribution < -0.4 is 0 Å². The number of carbonyl (C=O) groups is 2. The molecule has 1 unspecified atom stereocenters. The number of amides is 1. The molecule has 0 spiro atoms. The smallest absolute Gasteiger partial charge is 0.305 e. The quantitative estimate of drug-likeness (QED) is 0.759. The molecule has 6 heteroatoms. The molecular formula is C12H21FN2O3. The van der Waals surface area contributed by atoms with Crippen molar-refractivity contribution in [1.29, 1.82) is 0 Å². The van der Waals surface area contributed by atoms with Gasteiger partial charge in [0.2, 0.25) is 5.91 Å². The van der Waals surface area contributed by atoms with Crippen LogP contribution in [-0.2, 0) is 9.59 Å². The zero-order valence-corrected chi connectivity index (χ0v) is 10.9. The summed E-state index contributed by atoms with van der Waals surface area (Å²) in [5.74, 6) is -0.895. The SMILES string of the molecule is CC(C)CN1CCN(CCF)C(=O)C1CC(=O)O. The van der Waals surface area contributed by atoms with Crippen LogP contribution in [0.1, 0.15) is 20.3 Å². The Labute approximate surface area is 107 Å². The van der Waals surface area contributed by atoms with E-state index in [0.717, 1.165) is 0 Å². The van der Waals surface area contributed by atoms with Gasteiger partial charge >= 0.3 is 5.97 Å². The van der Waals surface area contributed by atoms with Gasteiger partial charge in [-0.05, 0) is 5.92 Å². The number of nitrogens with zero attached hydrogens (tertiary/aromatic N) is 2. The summed E-state index contributed by atoms with van der Waals surface area (Å²) in [7, 11) is 0. The summed E-state index contributed by atoms with van der Waals surface area (Å²) in [6.07, 6.45) is -0.214. The second-order valence-electron chi connectivity index (χ2n) is 5.02.